The lowest BCUT2D eigenvalue weighted by molar-refractivity contribution is -0.154. The Hall–Kier alpha value is -3.18. The van der Waals surface area contributed by atoms with Crippen LogP contribution in [0.5, 0.6) is 0 Å². The van der Waals surface area contributed by atoms with Gasteiger partial charge in [-0.3, -0.25) is 14.4 Å². The second-order valence-electron chi connectivity index (χ2n) is 10.5. The van der Waals surface area contributed by atoms with Crippen LogP contribution in [-0.2, 0) is 25.8 Å². The topological polar surface area (TPSA) is 118 Å². The van der Waals surface area contributed by atoms with Gasteiger partial charge < -0.3 is 19.6 Å². The molecule has 2 unspecified atom stereocenters. The molecule has 2 amide bonds. The number of para-hydroxylation sites is 1. The number of fused-ring (bicyclic) bond motifs is 2. The summed E-state index contributed by atoms with van der Waals surface area (Å²) < 4.78 is 6.49. The molecule has 0 aliphatic carbocycles. The third kappa shape index (κ3) is 4.55. The summed E-state index contributed by atoms with van der Waals surface area (Å²) in [6.45, 7) is 9.61. The Morgan fingerprint density at radius 1 is 1.33 bits per heavy atom. The lowest BCUT2D eigenvalue weighted by Gasteiger charge is -2.38. The van der Waals surface area contributed by atoms with Crippen molar-refractivity contribution in [2.75, 3.05) is 19.8 Å². The molecule has 6 atom stereocenters. The Balaban J connectivity index is 1.47. The summed E-state index contributed by atoms with van der Waals surface area (Å²) in [4.78, 5) is 44.8. The van der Waals surface area contributed by atoms with Crippen molar-refractivity contribution >= 4 is 40.6 Å². The smallest absolute Gasteiger partial charge is 0.310 e. The van der Waals surface area contributed by atoms with Gasteiger partial charge in [-0.1, -0.05) is 29.5 Å². The molecule has 3 aliphatic rings. The number of amides is 2. The quantitative estimate of drug-likeness (QED) is 0.242. The number of ether oxygens (including phenoxy) is 1. The number of allylic oxidation sites excluding steroid dienone is 1. The third-order valence-electron chi connectivity index (χ3n) is 8.17. The molecule has 1 aromatic heterocycles. The number of benzene rings is 1. The molecule has 0 saturated carbocycles. The van der Waals surface area contributed by atoms with Gasteiger partial charge in [0.1, 0.15) is 18.2 Å². The Kier molecular flexibility index (Phi) is 7.82. The van der Waals surface area contributed by atoms with Crippen LogP contribution in [0.3, 0.4) is 0 Å². The fourth-order valence-corrected chi connectivity index (χ4v) is 8.61. The maximum Gasteiger partial charge on any atom is 0.310 e. The summed E-state index contributed by atoms with van der Waals surface area (Å²) >= 11 is 1.58. The number of carbonyl (C=O) groups is 3. The van der Waals surface area contributed by atoms with Crippen molar-refractivity contribution in [2.45, 2.75) is 61.4 Å². The van der Waals surface area contributed by atoms with Crippen LogP contribution in [-0.4, -0.2) is 89.5 Å². The predicted octanol–water partition coefficient (Wildman–Crippen LogP) is 2.38. The molecular formula is C28H35N5O5S. The van der Waals surface area contributed by atoms with Crippen molar-refractivity contribution in [1.82, 2.24) is 24.8 Å². The van der Waals surface area contributed by atoms with Crippen molar-refractivity contribution in [3.8, 4) is 0 Å². The SMILES string of the molecule is C=CCCCOC(=O)[C@@H]1[C@H]2C(=O)N([C@H](C)CO)C(C(=O)N(CC=C)Cn3nnc4ccccc43)C23CC[C@H]1S3. The van der Waals surface area contributed by atoms with Gasteiger partial charge in [-0.05, 0) is 44.7 Å². The second kappa shape index (κ2) is 11.1. The molecule has 3 fully saturated rings. The second-order valence-corrected chi connectivity index (χ2v) is 12.1. The molecular weight excluding hydrogens is 518 g/mol. The van der Waals surface area contributed by atoms with Crippen LogP contribution < -0.4 is 0 Å². The van der Waals surface area contributed by atoms with Crippen molar-refractivity contribution in [3.63, 3.8) is 0 Å². The summed E-state index contributed by atoms with van der Waals surface area (Å²) in [5.74, 6) is -2.17. The molecule has 10 nitrogen and oxygen atoms in total. The minimum atomic E-state index is -0.833. The van der Waals surface area contributed by atoms with E-state index in [2.05, 4.69) is 23.5 Å². The molecule has 2 bridgehead atoms. The van der Waals surface area contributed by atoms with Crippen LogP contribution >= 0.6 is 11.8 Å². The van der Waals surface area contributed by atoms with Gasteiger partial charge >= 0.3 is 5.97 Å². The lowest BCUT2D eigenvalue weighted by Crippen LogP contribution is -2.57. The van der Waals surface area contributed by atoms with Crippen molar-refractivity contribution in [2.24, 2.45) is 11.8 Å². The number of aliphatic hydroxyl groups is 1. The fourth-order valence-electron chi connectivity index (χ4n) is 6.43. The van der Waals surface area contributed by atoms with E-state index in [0.29, 0.717) is 18.4 Å². The number of aliphatic hydroxyl groups excluding tert-OH is 1. The van der Waals surface area contributed by atoms with Crippen molar-refractivity contribution < 1.29 is 24.2 Å². The molecule has 1 N–H and O–H groups in total. The largest absolute Gasteiger partial charge is 0.465 e. The van der Waals surface area contributed by atoms with Gasteiger partial charge in [-0.25, -0.2) is 4.68 Å². The first kappa shape index (κ1) is 27.4. The minimum Gasteiger partial charge on any atom is -0.465 e. The number of aromatic nitrogens is 3. The highest BCUT2D eigenvalue weighted by Gasteiger charge is 2.74. The highest BCUT2D eigenvalue weighted by atomic mass is 32.2. The summed E-state index contributed by atoms with van der Waals surface area (Å²) in [7, 11) is 0. The van der Waals surface area contributed by atoms with Crippen molar-refractivity contribution in [3.05, 3.63) is 49.6 Å². The van der Waals surface area contributed by atoms with E-state index >= 15 is 0 Å². The van der Waals surface area contributed by atoms with Crippen LogP contribution in [0.1, 0.15) is 32.6 Å². The van der Waals surface area contributed by atoms with E-state index in [9.17, 15) is 19.5 Å². The number of hydrogen-bond acceptors (Lipinski definition) is 8. The standard InChI is InChI=1S/C28H35N5O5S/c1-4-6-9-15-38-27(37)22-21-12-13-28(39-21)23(22)25(35)33(18(3)16-34)24(28)26(36)31(14-5-2)17-32-20-11-8-7-10-19(20)29-30-32/h4-5,7-8,10-11,18,21-24,34H,1-2,6,9,12-17H2,3H3/t18-,21-,22+,23+,24?,28?/m1/s1. The molecule has 3 aliphatic heterocycles. The van der Waals surface area contributed by atoms with E-state index in [1.807, 2.05) is 24.3 Å². The molecule has 4 heterocycles. The van der Waals surface area contributed by atoms with Crippen molar-refractivity contribution in [1.29, 1.82) is 0 Å². The monoisotopic (exact) mass is 553 g/mol. The zero-order valence-corrected chi connectivity index (χ0v) is 23.0. The van der Waals surface area contributed by atoms with Crippen LogP contribution in [0.15, 0.2) is 49.6 Å². The molecule has 2 aromatic rings. The van der Waals surface area contributed by atoms with Gasteiger partial charge in [-0.2, -0.15) is 0 Å². The maximum absolute atomic E-state index is 14.4. The van der Waals surface area contributed by atoms with Gasteiger partial charge in [0, 0.05) is 11.8 Å². The maximum atomic E-state index is 14.4. The molecule has 39 heavy (non-hydrogen) atoms. The molecule has 1 aromatic carbocycles. The van der Waals surface area contributed by atoms with E-state index in [1.54, 1.807) is 40.4 Å². The van der Waals surface area contributed by atoms with Gasteiger partial charge in [0.15, 0.2) is 0 Å². The number of unbranched alkanes of at least 4 members (excludes halogenated alkanes) is 1. The Morgan fingerprint density at radius 2 is 2.13 bits per heavy atom. The van der Waals surface area contributed by atoms with Crippen LogP contribution in [0.4, 0.5) is 0 Å². The molecule has 1 spiro atoms. The van der Waals surface area contributed by atoms with Gasteiger partial charge in [-0.15, -0.1) is 30.0 Å². The highest BCUT2D eigenvalue weighted by molar-refractivity contribution is 8.02. The number of nitrogens with zero attached hydrogens (tertiary/aromatic N) is 5. The number of rotatable bonds is 12. The van der Waals surface area contributed by atoms with Gasteiger partial charge in [0.2, 0.25) is 11.8 Å². The van der Waals surface area contributed by atoms with E-state index in [1.165, 1.54) is 4.90 Å². The summed E-state index contributed by atoms with van der Waals surface area (Å²) in [5.41, 5.74) is 1.50. The molecule has 208 valence electrons. The average molecular weight is 554 g/mol. The van der Waals surface area contributed by atoms with Crippen LogP contribution in [0.25, 0.3) is 11.0 Å². The zero-order chi connectivity index (χ0) is 27.7. The normalized spacial score (nSPS) is 27.9. The number of thioether (sulfide) groups is 1. The molecule has 3 saturated heterocycles. The number of likely N-dealkylation sites (tertiary alicyclic amines) is 1. The van der Waals surface area contributed by atoms with E-state index < -0.39 is 28.7 Å². The van der Waals surface area contributed by atoms with Gasteiger partial charge in [0.25, 0.3) is 0 Å². The fraction of sp³-hybridized carbons (Fsp3) is 0.536. The molecule has 5 rings (SSSR count). The Morgan fingerprint density at radius 3 is 2.87 bits per heavy atom. The van der Waals surface area contributed by atoms with Crippen LogP contribution in [0.2, 0.25) is 0 Å². The lowest BCUT2D eigenvalue weighted by atomic mass is 9.71. The number of esters is 1. The van der Waals surface area contributed by atoms with Crippen LogP contribution in [0, 0.1) is 11.8 Å². The van der Waals surface area contributed by atoms with E-state index in [-0.39, 0.29) is 49.5 Å². The predicted molar refractivity (Wildman–Crippen MR) is 147 cm³/mol. The first-order valence-electron chi connectivity index (χ1n) is 13.4. The van der Waals surface area contributed by atoms with Gasteiger partial charge in [0.05, 0.1) is 41.4 Å². The third-order valence-corrected chi connectivity index (χ3v) is 10.1. The summed E-state index contributed by atoms with van der Waals surface area (Å²) in [6.07, 6.45) is 6.19. The van der Waals surface area contributed by atoms with E-state index in [0.717, 1.165) is 18.4 Å². The first-order valence-corrected chi connectivity index (χ1v) is 14.3. The Bertz CT molecular complexity index is 1280. The number of carbonyl (C=O) groups excluding carboxylic acids is 3. The molecule has 0 radical (unpaired) electrons. The zero-order valence-electron chi connectivity index (χ0n) is 22.1. The van der Waals surface area contributed by atoms with E-state index in [4.69, 9.17) is 4.74 Å². The Labute approximate surface area is 232 Å². The highest BCUT2D eigenvalue weighted by Crippen LogP contribution is 2.66. The minimum absolute atomic E-state index is 0.0835. The summed E-state index contributed by atoms with van der Waals surface area (Å²) in [6, 6.07) is 6.08. The first-order chi connectivity index (χ1) is 18.9. The number of hydrogen-bond donors (Lipinski definition) is 1. The summed E-state index contributed by atoms with van der Waals surface area (Å²) in [5, 5.41) is 18.5. The molecule has 11 heteroatoms. The average Bonchev–Trinajstić information content (AvgIpc) is 3.69.